The van der Waals surface area contributed by atoms with Gasteiger partial charge in [0.15, 0.2) is 0 Å². The third-order valence-corrected chi connectivity index (χ3v) is 5.19. The van der Waals surface area contributed by atoms with Crippen molar-refractivity contribution in [3.05, 3.63) is 61.1 Å². The molecule has 0 radical (unpaired) electrons. The van der Waals surface area contributed by atoms with Crippen molar-refractivity contribution < 1.29 is 22.9 Å². The highest BCUT2D eigenvalue weighted by atomic mass is 35.5. The molecule has 0 bridgehead atoms. The van der Waals surface area contributed by atoms with Gasteiger partial charge in [-0.1, -0.05) is 52.1 Å². The highest BCUT2D eigenvalue weighted by Gasteiger charge is 2.65. The Labute approximate surface area is 166 Å². The van der Waals surface area contributed by atoms with Crippen molar-refractivity contribution in [3.63, 3.8) is 0 Å². The molecule has 1 aliphatic heterocycles. The van der Waals surface area contributed by atoms with Gasteiger partial charge >= 0.3 is 6.18 Å². The molecule has 2 atom stereocenters. The first-order chi connectivity index (χ1) is 12.5. The lowest BCUT2D eigenvalue weighted by Gasteiger charge is -2.36. The number of halogens is 6. The zero-order valence-corrected chi connectivity index (χ0v) is 15.5. The first kappa shape index (κ1) is 20.0. The van der Waals surface area contributed by atoms with Crippen LogP contribution in [-0.2, 0) is 4.84 Å². The van der Waals surface area contributed by atoms with Crippen molar-refractivity contribution in [2.24, 2.45) is 11.1 Å². The van der Waals surface area contributed by atoms with E-state index in [0.717, 1.165) is 6.07 Å². The van der Waals surface area contributed by atoms with Crippen molar-refractivity contribution in [1.82, 2.24) is 0 Å². The minimum Gasteiger partial charge on any atom is -0.378 e. The zero-order valence-electron chi connectivity index (χ0n) is 13.3. The number of hydrogen-bond donors (Lipinski definition) is 0. The maximum absolute atomic E-state index is 14.0. The number of rotatable bonds is 3. The van der Waals surface area contributed by atoms with Crippen molar-refractivity contribution in [1.29, 1.82) is 0 Å². The molecule has 2 unspecified atom stereocenters. The number of nitro groups is 1. The Kier molecular flexibility index (Phi) is 5.18. The third-order valence-electron chi connectivity index (χ3n) is 4.37. The van der Waals surface area contributed by atoms with Gasteiger partial charge in [0.25, 0.3) is 5.69 Å². The van der Waals surface area contributed by atoms with Crippen LogP contribution in [0.2, 0.25) is 5.02 Å². The van der Waals surface area contributed by atoms with Gasteiger partial charge < -0.3 is 4.84 Å². The van der Waals surface area contributed by atoms with Crippen LogP contribution >= 0.6 is 34.8 Å². The highest BCUT2D eigenvalue weighted by molar-refractivity contribution is 6.35. The second kappa shape index (κ2) is 7.00. The topological polar surface area (TPSA) is 64.7 Å². The SMILES string of the molecule is O=[N+]([O-])c1cc(C2=NOC(C3C=C(Cl)C=C(Cl)C3)(C(F)(F)F)C2)ccc1Cl. The van der Waals surface area contributed by atoms with Gasteiger partial charge in [-0.15, -0.1) is 0 Å². The van der Waals surface area contributed by atoms with Crippen LogP contribution in [0.25, 0.3) is 0 Å². The minimum atomic E-state index is -4.79. The van der Waals surface area contributed by atoms with E-state index in [4.69, 9.17) is 39.6 Å². The summed E-state index contributed by atoms with van der Waals surface area (Å²) in [6.45, 7) is 0. The molecule has 27 heavy (non-hydrogen) atoms. The lowest BCUT2D eigenvalue weighted by Crippen LogP contribution is -2.51. The van der Waals surface area contributed by atoms with Crippen LogP contribution in [0.1, 0.15) is 18.4 Å². The van der Waals surface area contributed by atoms with Gasteiger partial charge in [-0.05, 0) is 18.6 Å². The van der Waals surface area contributed by atoms with E-state index >= 15 is 0 Å². The monoisotopic (exact) mass is 440 g/mol. The quantitative estimate of drug-likeness (QED) is 0.431. The fourth-order valence-corrected chi connectivity index (χ4v) is 3.83. The normalized spacial score (nSPS) is 25.4. The van der Waals surface area contributed by atoms with Gasteiger partial charge in [-0.2, -0.15) is 13.2 Å². The summed E-state index contributed by atoms with van der Waals surface area (Å²) in [5.41, 5.74) is -3.08. The van der Waals surface area contributed by atoms with Crippen LogP contribution in [-0.4, -0.2) is 22.4 Å². The maximum atomic E-state index is 14.0. The lowest BCUT2D eigenvalue weighted by molar-refractivity contribution is -0.384. The Balaban J connectivity index is 1.97. The van der Waals surface area contributed by atoms with Gasteiger partial charge in [0.2, 0.25) is 5.60 Å². The molecular formula is C16H10Cl3F3N2O3. The second-order valence-electron chi connectivity index (χ2n) is 6.07. The Bertz CT molecular complexity index is 899. The first-order valence-electron chi connectivity index (χ1n) is 7.53. The first-order valence-corrected chi connectivity index (χ1v) is 8.66. The number of alkyl halides is 3. The van der Waals surface area contributed by atoms with E-state index in [1.165, 1.54) is 24.3 Å². The molecule has 144 valence electrons. The summed E-state index contributed by atoms with van der Waals surface area (Å²) in [5.74, 6) is -1.20. The Morgan fingerprint density at radius 3 is 2.59 bits per heavy atom. The third kappa shape index (κ3) is 3.66. The van der Waals surface area contributed by atoms with Gasteiger partial charge in [0, 0.05) is 34.0 Å². The molecule has 0 aromatic heterocycles. The van der Waals surface area contributed by atoms with Gasteiger partial charge in [-0.3, -0.25) is 10.1 Å². The molecule has 0 N–H and O–H groups in total. The molecule has 0 saturated heterocycles. The fraction of sp³-hybridized carbons (Fsp3) is 0.312. The van der Waals surface area contributed by atoms with Crippen LogP contribution in [0.5, 0.6) is 0 Å². The van der Waals surface area contributed by atoms with Crippen LogP contribution in [0.15, 0.2) is 45.6 Å². The minimum absolute atomic E-state index is 0.0686. The zero-order chi connectivity index (χ0) is 20.0. The average molecular weight is 442 g/mol. The van der Waals surface area contributed by atoms with Crippen LogP contribution < -0.4 is 0 Å². The molecule has 3 rings (SSSR count). The lowest BCUT2D eigenvalue weighted by atomic mass is 9.78. The Morgan fingerprint density at radius 1 is 1.30 bits per heavy atom. The molecule has 1 heterocycles. The van der Waals surface area contributed by atoms with E-state index in [1.54, 1.807) is 0 Å². The molecule has 1 aromatic carbocycles. The van der Waals surface area contributed by atoms with Crippen molar-refractivity contribution in [2.45, 2.75) is 24.6 Å². The average Bonchev–Trinajstić information content (AvgIpc) is 3.00. The second-order valence-corrected chi connectivity index (χ2v) is 7.40. The number of allylic oxidation sites excluding steroid dienone is 3. The molecule has 0 saturated carbocycles. The molecule has 0 fully saturated rings. The van der Waals surface area contributed by atoms with E-state index in [9.17, 15) is 23.3 Å². The van der Waals surface area contributed by atoms with E-state index in [0.29, 0.717) is 0 Å². The van der Waals surface area contributed by atoms with Crippen LogP contribution in [0.4, 0.5) is 18.9 Å². The van der Waals surface area contributed by atoms with Crippen LogP contribution in [0.3, 0.4) is 0 Å². The maximum Gasteiger partial charge on any atom is 0.431 e. The molecule has 2 aliphatic rings. The van der Waals surface area contributed by atoms with Crippen molar-refractivity contribution >= 4 is 46.2 Å². The highest BCUT2D eigenvalue weighted by Crippen LogP contribution is 2.50. The number of benzene rings is 1. The predicted molar refractivity (Wildman–Crippen MR) is 95.1 cm³/mol. The van der Waals surface area contributed by atoms with E-state index < -0.39 is 34.7 Å². The summed E-state index contributed by atoms with van der Waals surface area (Å²) in [7, 11) is 0. The summed E-state index contributed by atoms with van der Waals surface area (Å²) in [4.78, 5) is 15.2. The Hall–Kier alpha value is -1.77. The van der Waals surface area contributed by atoms with Gasteiger partial charge in [-0.25, -0.2) is 0 Å². The number of nitro benzene ring substituents is 1. The molecule has 11 heteroatoms. The summed E-state index contributed by atoms with van der Waals surface area (Å²) < 4.78 is 41.9. The fourth-order valence-electron chi connectivity index (χ4n) is 3.02. The molecular weight excluding hydrogens is 432 g/mol. The van der Waals surface area contributed by atoms with Crippen molar-refractivity contribution in [2.75, 3.05) is 0 Å². The number of oxime groups is 1. The van der Waals surface area contributed by atoms with E-state index in [1.807, 2.05) is 0 Å². The number of hydrogen-bond acceptors (Lipinski definition) is 4. The van der Waals surface area contributed by atoms with Gasteiger partial charge in [0.1, 0.15) is 5.02 Å². The smallest absolute Gasteiger partial charge is 0.378 e. The molecule has 5 nitrogen and oxygen atoms in total. The summed E-state index contributed by atoms with van der Waals surface area (Å²) in [6, 6.07) is 3.64. The predicted octanol–water partition coefficient (Wildman–Crippen LogP) is 5.94. The summed E-state index contributed by atoms with van der Waals surface area (Å²) in [5, 5.41) is 14.7. The van der Waals surface area contributed by atoms with Crippen LogP contribution in [0, 0.1) is 16.0 Å². The molecule has 0 spiro atoms. The summed E-state index contributed by atoms with van der Waals surface area (Å²) >= 11 is 17.5. The molecule has 0 amide bonds. The molecule has 1 aliphatic carbocycles. The standard InChI is InChI=1S/C16H10Cl3F3N2O3/c17-10-4-9(5-11(18)6-10)15(16(20,21)22)7-13(23-27-15)8-1-2-12(19)14(3-8)24(25)26/h1-4,6,9H,5,7H2. The van der Waals surface area contributed by atoms with Crippen molar-refractivity contribution in [3.8, 4) is 0 Å². The Morgan fingerprint density at radius 2 is 2.00 bits per heavy atom. The van der Waals surface area contributed by atoms with E-state index in [-0.39, 0.29) is 32.8 Å². The summed E-state index contributed by atoms with van der Waals surface area (Å²) in [6.07, 6.45) is -2.97. The largest absolute Gasteiger partial charge is 0.431 e. The molecule has 1 aromatic rings. The van der Waals surface area contributed by atoms with E-state index in [2.05, 4.69) is 5.16 Å². The van der Waals surface area contributed by atoms with Gasteiger partial charge in [0.05, 0.1) is 10.6 Å². The number of nitrogens with zero attached hydrogens (tertiary/aromatic N) is 2.